The molecular formula is C22H27ClO4. The lowest BCUT2D eigenvalue weighted by molar-refractivity contribution is 0.112. The molecule has 146 valence electrons. The number of hydrogen-bond donors (Lipinski definition) is 0. The fourth-order valence-corrected chi connectivity index (χ4v) is 2.98. The van der Waals surface area contributed by atoms with E-state index in [9.17, 15) is 4.79 Å². The van der Waals surface area contributed by atoms with Crippen molar-refractivity contribution in [1.82, 2.24) is 0 Å². The number of carbonyl (C=O) groups is 1. The summed E-state index contributed by atoms with van der Waals surface area (Å²) >= 11 is 6.24. The summed E-state index contributed by atoms with van der Waals surface area (Å²) < 4.78 is 17.3. The van der Waals surface area contributed by atoms with E-state index in [1.807, 2.05) is 19.1 Å². The highest BCUT2D eigenvalue weighted by molar-refractivity contribution is 6.32. The molecule has 0 aromatic heterocycles. The van der Waals surface area contributed by atoms with Gasteiger partial charge < -0.3 is 14.2 Å². The van der Waals surface area contributed by atoms with Crippen LogP contribution in [0.2, 0.25) is 5.02 Å². The maximum absolute atomic E-state index is 11.0. The molecule has 0 aliphatic rings. The van der Waals surface area contributed by atoms with Gasteiger partial charge in [0, 0.05) is 5.56 Å². The number of ether oxygens (including phenoxy) is 3. The Balaban J connectivity index is 2.07. The van der Waals surface area contributed by atoms with Gasteiger partial charge in [-0.05, 0) is 43.0 Å². The number of hydrogen-bond acceptors (Lipinski definition) is 4. The average molecular weight is 391 g/mol. The maximum Gasteiger partial charge on any atom is 0.179 e. The van der Waals surface area contributed by atoms with E-state index in [1.165, 1.54) is 5.56 Å². The Morgan fingerprint density at radius 2 is 1.70 bits per heavy atom. The quantitative estimate of drug-likeness (QED) is 0.433. The van der Waals surface area contributed by atoms with Crippen LogP contribution >= 0.6 is 11.6 Å². The van der Waals surface area contributed by atoms with Crippen molar-refractivity contribution in [2.45, 2.75) is 40.0 Å². The fraction of sp³-hybridized carbons (Fsp3) is 0.409. The molecule has 0 fully saturated rings. The van der Waals surface area contributed by atoms with Gasteiger partial charge >= 0.3 is 0 Å². The van der Waals surface area contributed by atoms with Crippen LogP contribution in [-0.4, -0.2) is 26.1 Å². The van der Waals surface area contributed by atoms with Crippen molar-refractivity contribution in [3.05, 3.63) is 52.0 Å². The second kappa shape index (κ2) is 9.14. The highest BCUT2D eigenvalue weighted by atomic mass is 35.5. The summed E-state index contributed by atoms with van der Waals surface area (Å²) in [6.07, 6.45) is 0.729. The van der Waals surface area contributed by atoms with E-state index in [2.05, 4.69) is 33.8 Å². The Hall–Kier alpha value is -2.20. The van der Waals surface area contributed by atoms with Crippen LogP contribution in [0.1, 0.15) is 49.2 Å². The molecular weight excluding hydrogens is 364 g/mol. The molecule has 0 radical (unpaired) electrons. The van der Waals surface area contributed by atoms with Crippen molar-refractivity contribution < 1.29 is 19.0 Å². The van der Waals surface area contributed by atoms with Gasteiger partial charge in [-0.15, -0.1) is 0 Å². The van der Waals surface area contributed by atoms with Crippen LogP contribution in [0.25, 0.3) is 0 Å². The zero-order valence-electron chi connectivity index (χ0n) is 16.6. The molecule has 0 atom stereocenters. The van der Waals surface area contributed by atoms with E-state index in [4.69, 9.17) is 25.8 Å². The summed E-state index contributed by atoms with van der Waals surface area (Å²) in [7, 11) is 0. The molecule has 0 N–H and O–H groups in total. The van der Waals surface area contributed by atoms with Crippen molar-refractivity contribution in [2.24, 2.45) is 0 Å². The van der Waals surface area contributed by atoms with E-state index in [-0.39, 0.29) is 5.41 Å². The predicted molar refractivity (Wildman–Crippen MR) is 109 cm³/mol. The number of aryl methyl sites for hydroxylation is 1. The smallest absolute Gasteiger partial charge is 0.179 e. The molecule has 2 aromatic carbocycles. The molecule has 0 saturated carbocycles. The number of benzene rings is 2. The van der Waals surface area contributed by atoms with Crippen molar-refractivity contribution in [3.63, 3.8) is 0 Å². The van der Waals surface area contributed by atoms with Crippen LogP contribution in [0, 0.1) is 6.92 Å². The highest BCUT2D eigenvalue weighted by Crippen LogP contribution is 2.36. The summed E-state index contributed by atoms with van der Waals surface area (Å²) in [4.78, 5) is 11.0. The first-order chi connectivity index (χ1) is 12.8. The van der Waals surface area contributed by atoms with E-state index >= 15 is 0 Å². The third-order valence-electron chi connectivity index (χ3n) is 4.00. The van der Waals surface area contributed by atoms with Crippen LogP contribution in [-0.2, 0) is 5.41 Å². The molecule has 0 saturated heterocycles. The minimum atomic E-state index is -0.0156. The summed E-state index contributed by atoms with van der Waals surface area (Å²) in [5, 5.41) is 0.341. The molecule has 0 aliphatic carbocycles. The second-order valence-corrected chi connectivity index (χ2v) is 7.73. The Morgan fingerprint density at radius 3 is 2.33 bits per heavy atom. The van der Waals surface area contributed by atoms with Crippen LogP contribution in [0.15, 0.2) is 30.3 Å². The Kier molecular flexibility index (Phi) is 7.14. The van der Waals surface area contributed by atoms with E-state index in [0.717, 1.165) is 17.6 Å². The Labute approximate surface area is 166 Å². The lowest BCUT2D eigenvalue weighted by atomic mass is 9.85. The van der Waals surface area contributed by atoms with Crippen LogP contribution < -0.4 is 14.2 Å². The highest BCUT2D eigenvalue weighted by Gasteiger charge is 2.19. The lowest BCUT2D eigenvalue weighted by Gasteiger charge is -2.23. The maximum atomic E-state index is 11.0. The van der Waals surface area contributed by atoms with Crippen molar-refractivity contribution >= 4 is 17.9 Å². The fourth-order valence-electron chi connectivity index (χ4n) is 2.71. The first kappa shape index (κ1) is 21.1. The van der Waals surface area contributed by atoms with E-state index in [1.54, 1.807) is 12.1 Å². The number of carbonyl (C=O) groups excluding carboxylic acids is 1. The van der Waals surface area contributed by atoms with E-state index < -0.39 is 0 Å². The zero-order chi connectivity index (χ0) is 20.0. The molecule has 0 bridgehead atoms. The van der Waals surface area contributed by atoms with Crippen molar-refractivity contribution in [2.75, 3.05) is 19.8 Å². The zero-order valence-corrected chi connectivity index (χ0v) is 17.4. The number of rotatable bonds is 8. The molecule has 0 aliphatic heterocycles. The summed E-state index contributed by atoms with van der Waals surface area (Å²) in [5.74, 6) is 1.73. The minimum Gasteiger partial charge on any atom is -0.490 e. The summed E-state index contributed by atoms with van der Waals surface area (Å²) in [6.45, 7) is 11.5. The number of halogens is 1. The first-order valence-electron chi connectivity index (χ1n) is 9.04. The normalized spacial score (nSPS) is 11.2. The molecule has 0 unspecified atom stereocenters. The SMILES string of the molecule is CCOc1cc(C=O)cc(Cl)c1OCCOc1ccc(C)cc1C(C)(C)C. The molecule has 4 nitrogen and oxygen atoms in total. The van der Waals surface area contributed by atoms with Gasteiger partial charge in [-0.3, -0.25) is 4.79 Å². The average Bonchev–Trinajstić information content (AvgIpc) is 2.60. The molecule has 0 heterocycles. The van der Waals surface area contributed by atoms with Crippen molar-refractivity contribution in [3.8, 4) is 17.2 Å². The number of aldehydes is 1. The van der Waals surface area contributed by atoms with Crippen LogP contribution in [0.3, 0.4) is 0 Å². The minimum absolute atomic E-state index is 0.0156. The van der Waals surface area contributed by atoms with Crippen molar-refractivity contribution in [1.29, 1.82) is 0 Å². The van der Waals surface area contributed by atoms with Gasteiger partial charge in [0.05, 0.1) is 11.6 Å². The lowest BCUT2D eigenvalue weighted by Crippen LogP contribution is -2.16. The monoisotopic (exact) mass is 390 g/mol. The standard InChI is InChI=1S/C22H27ClO4/c1-6-25-20-13-16(14-24)12-18(23)21(20)27-10-9-26-19-8-7-15(2)11-17(19)22(3,4)5/h7-8,11-14H,6,9-10H2,1-5H3. The third kappa shape index (κ3) is 5.64. The molecule has 0 amide bonds. The third-order valence-corrected chi connectivity index (χ3v) is 4.28. The Morgan fingerprint density at radius 1 is 1.00 bits per heavy atom. The van der Waals surface area contributed by atoms with Gasteiger partial charge in [-0.1, -0.05) is 50.1 Å². The second-order valence-electron chi connectivity index (χ2n) is 7.33. The molecule has 0 spiro atoms. The van der Waals surface area contributed by atoms with Gasteiger partial charge in [0.2, 0.25) is 0 Å². The molecule has 2 rings (SSSR count). The molecule has 27 heavy (non-hydrogen) atoms. The van der Waals surface area contributed by atoms with Crippen LogP contribution in [0.5, 0.6) is 17.2 Å². The van der Waals surface area contributed by atoms with Gasteiger partial charge in [-0.25, -0.2) is 0 Å². The molecule has 5 heteroatoms. The van der Waals surface area contributed by atoms with E-state index in [0.29, 0.717) is 41.9 Å². The topological polar surface area (TPSA) is 44.8 Å². The van der Waals surface area contributed by atoms with Gasteiger partial charge in [0.25, 0.3) is 0 Å². The summed E-state index contributed by atoms with van der Waals surface area (Å²) in [5.41, 5.74) is 2.79. The molecule has 2 aromatic rings. The van der Waals surface area contributed by atoms with Gasteiger partial charge in [0.1, 0.15) is 25.2 Å². The largest absolute Gasteiger partial charge is 0.490 e. The first-order valence-corrected chi connectivity index (χ1v) is 9.42. The van der Waals surface area contributed by atoms with Crippen LogP contribution in [0.4, 0.5) is 0 Å². The Bertz CT molecular complexity index is 794. The van der Waals surface area contributed by atoms with Gasteiger partial charge in [-0.2, -0.15) is 0 Å². The summed E-state index contributed by atoms with van der Waals surface area (Å²) in [6, 6.07) is 9.36. The predicted octanol–water partition coefficient (Wildman–Crippen LogP) is 5.61. The van der Waals surface area contributed by atoms with Gasteiger partial charge in [0.15, 0.2) is 11.5 Å².